The molecule has 0 aliphatic rings. The number of pyridine rings is 1. The Bertz CT molecular complexity index is 928. The van der Waals surface area contributed by atoms with E-state index in [1.165, 1.54) is 6.07 Å². The van der Waals surface area contributed by atoms with Gasteiger partial charge >= 0.3 is 0 Å². The largest absolute Gasteiger partial charge is 0.423 e. The summed E-state index contributed by atoms with van der Waals surface area (Å²) in [7, 11) is 0. The van der Waals surface area contributed by atoms with E-state index in [1.807, 2.05) is 6.07 Å². The maximum Gasteiger partial charge on any atom is 0.298 e. The molecule has 22 heavy (non-hydrogen) atoms. The fourth-order valence-corrected chi connectivity index (χ4v) is 3.14. The summed E-state index contributed by atoms with van der Waals surface area (Å²) >= 11 is 1.09. The summed E-state index contributed by atoms with van der Waals surface area (Å²) in [5.41, 5.74) is 6.22. The molecule has 0 spiro atoms. The molecular weight excluding hydrogens is 304 g/mol. The second kappa shape index (κ2) is 5.45. The van der Waals surface area contributed by atoms with E-state index in [9.17, 15) is 14.4 Å². The molecule has 3 rings (SSSR count). The summed E-state index contributed by atoms with van der Waals surface area (Å²) in [5, 5.41) is 0.473. The third-order valence-corrected chi connectivity index (χ3v) is 4.26. The highest BCUT2D eigenvalue weighted by Gasteiger charge is 2.19. The van der Waals surface area contributed by atoms with Gasteiger partial charge in [-0.05, 0) is 6.07 Å². The number of ketones is 1. The lowest BCUT2D eigenvalue weighted by Crippen LogP contribution is -2.09. The van der Waals surface area contributed by atoms with Crippen molar-refractivity contribution in [1.82, 2.24) is 4.98 Å². The molecule has 0 aliphatic heterocycles. The molecule has 6 nitrogen and oxygen atoms in total. The maximum atomic E-state index is 12.5. The van der Waals surface area contributed by atoms with E-state index < -0.39 is 5.56 Å². The average molecular weight is 314 g/mol. The molecule has 0 radical (unpaired) electrons. The van der Waals surface area contributed by atoms with Crippen molar-refractivity contribution in [3.8, 4) is 5.75 Å². The van der Waals surface area contributed by atoms with Gasteiger partial charge in [0.15, 0.2) is 5.75 Å². The molecule has 1 aromatic carbocycles. The molecule has 2 aromatic heterocycles. The zero-order chi connectivity index (χ0) is 15.7. The minimum Gasteiger partial charge on any atom is -0.423 e. The van der Waals surface area contributed by atoms with Gasteiger partial charge < -0.3 is 15.5 Å². The monoisotopic (exact) mass is 314 g/mol. The van der Waals surface area contributed by atoms with Gasteiger partial charge in [-0.25, -0.2) is 0 Å². The highest BCUT2D eigenvalue weighted by molar-refractivity contribution is 7.21. The number of nitrogens with one attached hydrogen (secondary N) is 1. The standard InChI is InChI=1S/C15H10N2O4S/c16-11-9-6-10(21-7-18)14(20)17-15(9)22-13(11)12(19)8-4-2-1-3-5-8/h1-7H,16H2,(H,17,20). The van der Waals surface area contributed by atoms with Crippen molar-refractivity contribution in [2.75, 3.05) is 5.73 Å². The Hall–Kier alpha value is -2.93. The lowest BCUT2D eigenvalue weighted by Gasteiger charge is -1.99. The van der Waals surface area contributed by atoms with Gasteiger partial charge in [-0.3, -0.25) is 14.4 Å². The van der Waals surface area contributed by atoms with Crippen molar-refractivity contribution in [2.24, 2.45) is 0 Å². The molecule has 0 fully saturated rings. The molecule has 3 N–H and O–H groups in total. The summed E-state index contributed by atoms with van der Waals surface area (Å²) < 4.78 is 4.59. The van der Waals surface area contributed by atoms with E-state index in [1.54, 1.807) is 24.3 Å². The van der Waals surface area contributed by atoms with E-state index in [4.69, 9.17) is 5.73 Å². The Balaban J connectivity index is 2.16. The minimum absolute atomic E-state index is 0.161. The van der Waals surface area contributed by atoms with E-state index >= 15 is 0 Å². The molecule has 0 bridgehead atoms. The van der Waals surface area contributed by atoms with Crippen LogP contribution in [0.4, 0.5) is 5.69 Å². The van der Waals surface area contributed by atoms with Crippen LogP contribution in [0.15, 0.2) is 41.2 Å². The summed E-state index contributed by atoms with van der Waals surface area (Å²) in [4.78, 5) is 37.9. The van der Waals surface area contributed by atoms with Gasteiger partial charge in [-0.1, -0.05) is 30.3 Å². The number of nitrogen functional groups attached to an aromatic ring is 1. The van der Waals surface area contributed by atoms with E-state index in [0.717, 1.165) is 11.3 Å². The Morgan fingerprint density at radius 3 is 2.68 bits per heavy atom. The van der Waals surface area contributed by atoms with Gasteiger partial charge in [0.05, 0.1) is 5.69 Å². The van der Waals surface area contributed by atoms with Gasteiger partial charge in [-0.2, -0.15) is 0 Å². The zero-order valence-corrected chi connectivity index (χ0v) is 12.0. The number of nitrogens with two attached hydrogens (primary N) is 1. The fourth-order valence-electron chi connectivity index (χ4n) is 2.08. The quantitative estimate of drug-likeness (QED) is 0.566. The first kappa shape index (κ1) is 14.0. The Morgan fingerprint density at radius 2 is 2.00 bits per heavy atom. The molecule has 110 valence electrons. The van der Waals surface area contributed by atoms with Crippen molar-refractivity contribution >= 4 is 39.5 Å². The number of H-pyrrole nitrogens is 1. The lowest BCUT2D eigenvalue weighted by molar-refractivity contribution is -0.120. The number of aromatic nitrogens is 1. The first-order valence-corrected chi connectivity index (χ1v) is 7.09. The van der Waals surface area contributed by atoms with Crippen LogP contribution in [0.2, 0.25) is 0 Å². The normalized spacial score (nSPS) is 10.5. The molecule has 0 saturated carbocycles. The van der Waals surface area contributed by atoms with Gasteiger partial charge in [0.25, 0.3) is 12.0 Å². The van der Waals surface area contributed by atoms with Crippen LogP contribution in [-0.4, -0.2) is 17.2 Å². The molecule has 7 heteroatoms. The number of carbonyl (C=O) groups excluding carboxylic acids is 2. The van der Waals surface area contributed by atoms with Gasteiger partial charge in [0.2, 0.25) is 5.78 Å². The Morgan fingerprint density at radius 1 is 1.27 bits per heavy atom. The van der Waals surface area contributed by atoms with Crippen LogP contribution in [0.5, 0.6) is 5.75 Å². The SMILES string of the molecule is Nc1c(C(=O)c2ccccc2)sc2[nH]c(=O)c(OC=O)cc12. The van der Waals surface area contributed by atoms with Crippen molar-refractivity contribution in [2.45, 2.75) is 0 Å². The minimum atomic E-state index is -0.556. The summed E-state index contributed by atoms with van der Waals surface area (Å²) in [6.45, 7) is 0.162. The number of aromatic amines is 1. The summed E-state index contributed by atoms with van der Waals surface area (Å²) in [6.07, 6.45) is 0. The lowest BCUT2D eigenvalue weighted by atomic mass is 10.1. The van der Waals surface area contributed by atoms with Crippen LogP contribution < -0.4 is 16.0 Å². The number of ether oxygens (including phenoxy) is 1. The third kappa shape index (κ3) is 2.27. The molecule has 0 unspecified atom stereocenters. The molecule has 0 atom stereocenters. The van der Waals surface area contributed by atoms with Gasteiger partial charge in [0.1, 0.15) is 9.71 Å². The first-order chi connectivity index (χ1) is 10.6. The fraction of sp³-hybridized carbons (Fsp3) is 0. The van der Waals surface area contributed by atoms with Gasteiger partial charge in [0, 0.05) is 10.9 Å². The van der Waals surface area contributed by atoms with E-state index in [2.05, 4.69) is 9.72 Å². The Labute approximate surface area is 128 Å². The predicted octanol–water partition coefficient (Wildman–Crippen LogP) is 1.94. The second-order valence-electron chi connectivity index (χ2n) is 4.46. The van der Waals surface area contributed by atoms with Crippen LogP contribution >= 0.6 is 11.3 Å². The van der Waals surface area contributed by atoms with E-state index in [0.29, 0.717) is 20.7 Å². The highest BCUT2D eigenvalue weighted by Crippen LogP contribution is 2.34. The number of rotatable bonds is 4. The topological polar surface area (TPSA) is 102 Å². The average Bonchev–Trinajstić information content (AvgIpc) is 2.84. The highest BCUT2D eigenvalue weighted by atomic mass is 32.1. The van der Waals surface area contributed by atoms with Gasteiger partial charge in [-0.15, -0.1) is 11.3 Å². The predicted molar refractivity (Wildman–Crippen MR) is 83.4 cm³/mol. The first-order valence-electron chi connectivity index (χ1n) is 6.27. The number of carbonyl (C=O) groups is 2. The maximum absolute atomic E-state index is 12.5. The van der Waals surface area contributed by atoms with Crippen molar-refractivity contribution < 1.29 is 14.3 Å². The zero-order valence-electron chi connectivity index (χ0n) is 11.2. The number of thiophene rings is 1. The molecular formula is C15H10N2O4S. The van der Waals surface area contributed by atoms with Crippen molar-refractivity contribution in [3.63, 3.8) is 0 Å². The number of hydrogen-bond donors (Lipinski definition) is 2. The second-order valence-corrected chi connectivity index (χ2v) is 5.48. The third-order valence-electron chi connectivity index (χ3n) is 3.13. The number of anilines is 1. The number of hydrogen-bond acceptors (Lipinski definition) is 6. The molecule has 0 amide bonds. The van der Waals surface area contributed by atoms with E-state index in [-0.39, 0.29) is 23.7 Å². The van der Waals surface area contributed by atoms with Crippen LogP contribution in [0, 0.1) is 0 Å². The van der Waals surface area contributed by atoms with Crippen LogP contribution in [0.1, 0.15) is 15.2 Å². The molecule has 0 saturated heterocycles. The van der Waals surface area contributed by atoms with Crippen LogP contribution in [-0.2, 0) is 4.79 Å². The summed E-state index contributed by atoms with van der Waals surface area (Å²) in [6, 6.07) is 10.1. The molecule has 3 aromatic rings. The Kier molecular flexibility index (Phi) is 3.48. The molecule has 2 heterocycles. The van der Waals surface area contributed by atoms with Crippen LogP contribution in [0.3, 0.4) is 0 Å². The van der Waals surface area contributed by atoms with Crippen molar-refractivity contribution in [1.29, 1.82) is 0 Å². The summed E-state index contributed by atoms with van der Waals surface area (Å²) in [5.74, 6) is -0.385. The van der Waals surface area contributed by atoms with Crippen LogP contribution in [0.25, 0.3) is 10.2 Å². The molecule has 0 aliphatic carbocycles. The van der Waals surface area contributed by atoms with Crippen molar-refractivity contribution in [3.05, 3.63) is 57.2 Å². The smallest absolute Gasteiger partial charge is 0.298 e. The number of benzene rings is 1. The number of fused-ring (bicyclic) bond motifs is 1.